The Morgan fingerprint density at radius 1 is 1.07 bits per heavy atom. The molecule has 4 heterocycles. The fourth-order valence-corrected chi connectivity index (χ4v) is 3.56. The molecule has 0 saturated heterocycles. The number of halogens is 1. The number of aryl methyl sites for hydroxylation is 1. The fraction of sp³-hybridized carbons (Fsp3) is 0.105. The maximum atomic E-state index is 13.3. The van der Waals surface area contributed by atoms with Crippen molar-refractivity contribution in [2.45, 2.75) is 6.61 Å². The van der Waals surface area contributed by atoms with Gasteiger partial charge in [-0.25, -0.2) is 9.37 Å². The Labute approximate surface area is 168 Å². The third-order valence-electron chi connectivity index (χ3n) is 4.28. The summed E-state index contributed by atoms with van der Waals surface area (Å²) in [6, 6.07) is 9.88. The van der Waals surface area contributed by atoms with Crippen molar-refractivity contribution in [2.75, 3.05) is 0 Å². The van der Waals surface area contributed by atoms with Crippen LogP contribution in [0.5, 0.6) is 5.88 Å². The molecule has 0 fully saturated rings. The maximum absolute atomic E-state index is 13.3. The van der Waals surface area contributed by atoms with Gasteiger partial charge in [0.2, 0.25) is 5.88 Å². The van der Waals surface area contributed by atoms with Crippen LogP contribution in [0.15, 0.2) is 53.5 Å². The lowest BCUT2D eigenvalue weighted by Gasteiger charge is -2.09. The van der Waals surface area contributed by atoms with Crippen LogP contribution in [0, 0.1) is 5.82 Å². The molecule has 0 aliphatic heterocycles. The van der Waals surface area contributed by atoms with E-state index in [0.717, 1.165) is 11.1 Å². The number of aromatic nitrogens is 7. The quantitative estimate of drug-likeness (QED) is 0.444. The van der Waals surface area contributed by atoms with Crippen molar-refractivity contribution < 1.29 is 9.13 Å². The molecule has 0 atom stereocenters. The first-order valence-corrected chi connectivity index (χ1v) is 9.64. The Bertz CT molecular complexity index is 1280. The number of nitrogens with zero attached hydrogens (tertiary/aromatic N) is 7. The van der Waals surface area contributed by atoms with Gasteiger partial charge in [-0.15, -0.1) is 15.3 Å². The molecule has 144 valence electrons. The molecule has 0 amide bonds. The molecule has 0 N–H and O–H groups in total. The van der Waals surface area contributed by atoms with Crippen molar-refractivity contribution >= 4 is 17.0 Å². The largest absolute Gasteiger partial charge is 0.468 e. The van der Waals surface area contributed by atoms with Gasteiger partial charge in [-0.2, -0.15) is 21.0 Å². The Hall–Kier alpha value is -3.66. The second kappa shape index (κ2) is 7.06. The third-order valence-corrected chi connectivity index (χ3v) is 4.96. The average Bonchev–Trinajstić information content (AvgIpc) is 3.47. The van der Waals surface area contributed by atoms with Crippen LogP contribution in [-0.2, 0) is 13.7 Å². The summed E-state index contributed by atoms with van der Waals surface area (Å²) < 4.78 is 22.5. The highest BCUT2D eigenvalue weighted by molar-refractivity contribution is 7.08. The van der Waals surface area contributed by atoms with E-state index in [2.05, 4.69) is 25.4 Å². The van der Waals surface area contributed by atoms with Gasteiger partial charge in [0.25, 0.3) is 0 Å². The van der Waals surface area contributed by atoms with Gasteiger partial charge in [0, 0.05) is 12.6 Å². The molecular formula is C19H14FN7OS. The zero-order valence-electron chi connectivity index (χ0n) is 15.2. The SMILES string of the molecule is Cn1cnc(COc2nn3c(-c4ccc(F)cc4)nnc3cc2-c2ccsc2)n1. The molecule has 8 nitrogen and oxygen atoms in total. The topological polar surface area (TPSA) is 83.0 Å². The summed E-state index contributed by atoms with van der Waals surface area (Å²) in [5, 5.41) is 21.3. The lowest BCUT2D eigenvalue weighted by Crippen LogP contribution is -2.05. The minimum absolute atomic E-state index is 0.171. The van der Waals surface area contributed by atoms with Crippen LogP contribution < -0.4 is 4.74 Å². The number of rotatable bonds is 5. The smallest absolute Gasteiger partial charge is 0.240 e. The second-order valence-corrected chi connectivity index (χ2v) is 7.08. The third kappa shape index (κ3) is 3.34. The molecule has 5 rings (SSSR count). The molecule has 0 radical (unpaired) electrons. The summed E-state index contributed by atoms with van der Waals surface area (Å²) in [5.74, 6) is 1.14. The predicted octanol–water partition coefficient (Wildman–Crippen LogP) is 3.37. The number of benzene rings is 1. The molecule has 0 bridgehead atoms. The van der Waals surface area contributed by atoms with Crippen LogP contribution in [-0.4, -0.2) is 34.6 Å². The van der Waals surface area contributed by atoms with Gasteiger partial charge in [-0.05, 0) is 52.7 Å². The normalized spacial score (nSPS) is 11.2. The molecule has 5 aromatic rings. The van der Waals surface area contributed by atoms with Gasteiger partial charge < -0.3 is 4.74 Å². The van der Waals surface area contributed by atoms with Gasteiger partial charge in [0.1, 0.15) is 12.1 Å². The summed E-state index contributed by atoms with van der Waals surface area (Å²) in [4.78, 5) is 4.18. The van der Waals surface area contributed by atoms with Crippen molar-refractivity contribution in [3.8, 4) is 28.4 Å². The first-order chi connectivity index (χ1) is 14.2. The van der Waals surface area contributed by atoms with Gasteiger partial charge in [0.05, 0.1) is 5.56 Å². The molecule has 29 heavy (non-hydrogen) atoms. The predicted molar refractivity (Wildman–Crippen MR) is 105 cm³/mol. The number of hydrogen-bond acceptors (Lipinski definition) is 7. The molecule has 10 heteroatoms. The summed E-state index contributed by atoms with van der Waals surface area (Å²) in [5.41, 5.74) is 3.04. The van der Waals surface area contributed by atoms with Gasteiger partial charge in [0.15, 0.2) is 23.9 Å². The highest BCUT2D eigenvalue weighted by Crippen LogP contribution is 2.32. The number of fused-ring (bicyclic) bond motifs is 1. The van der Waals surface area contributed by atoms with E-state index >= 15 is 0 Å². The van der Waals surface area contributed by atoms with E-state index in [4.69, 9.17) is 4.74 Å². The lowest BCUT2D eigenvalue weighted by atomic mass is 10.1. The van der Waals surface area contributed by atoms with Crippen LogP contribution in [0.3, 0.4) is 0 Å². The van der Waals surface area contributed by atoms with Crippen LogP contribution in [0.4, 0.5) is 4.39 Å². The minimum atomic E-state index is -0.317. The maximum Gasteiger partial charge on any atom is 0.240 e. The second-order valence-electron chi connectivity index (χ2n) is 6.30. The number of thiophene rings is 1. The fourth-order valence-electron chi connectivity index (χ4n) is 2.91. The number of ether oxygens (including phenoxy) is 1. The van der Waals surface area contributed by atoms with E-state index < -0.39 is 0 Å². The molecule has 1 aromatic carbocycles. The van der Waals surface area contributed by atoms with E-state index in [1.807, 2.05) is 22.9 Å². The van der Waals surface area contributed by atoms with Crippen molar-refractivity contribution in [1.29, 1.82) is 0 Å². The van der Waals surface area contributed by atoms with E-state index in [1.54, 1.807) is 46.0 Å². The summed E-state index contributed by atoms with van der Waals surface area (Å²) >= 11 is 1.58. The highest BCUT2D eigenvalue weighted by Gasteiger charge is 2.17. The van der Waals surface area contributed by atoms with Crippen molar-refractivity contribution in [1.82, 2.24) is 34.6 Å². The van der Waals surface area contributed by atoms with Gasteiger partial charge >= 0.3 is 0 Å². The van der Waals surface area contributed by atoms with Crippen LogP contribution in [0.25, 0.3) is 28.2 Å². The molecule has 0 saturated carbocycles. The summed E-state index contributed by atoms with van der Waals surface area (Å²) in [6.45, 7) is 0.171. The monoisotopic (exact) mass is 407 g/mol. The Kier molecular flexibility index (Phi) is 4.24. The summed E-state index contributed by atoms with van der Waals surface area (Å²) in [7, 11) is 1.80. The highest BCUT2D eigenvalue weighted by atomic mass is 32.1. The zero-order valence-corrected chi connectivity index (χ0v) is 16.0. The molecule has 4 aromatic heterocycles. The van der Waals surface area contributed by atoms with E-state index in [0.29, 0.717) is 28.7 Å². The average molecular weight is 407 g/mol. The van der Waals surface area contributed by atoms with Gasteiger partial charge in [-0.1, -0.05) is 0 Å². The van der Waals surface area contributed by atoms with Crippen molar-refractivity contribution in [2.24, 2.45) is 7.05 Å². The van der Waals surface area contributed by atoms with Crippen LogP contribution in [0.2, 0.25) is 0 Å². The Balaban J connectivity index is 1.60. The molecule has 0 unspecified atom stereocenters. The van der Waals surface area contributed by atoms with Crippen molar-refractivity contribution in [3.63, 3.8) is 0 Å². The van der Waals surface area contributed by atoms with E-state index in [1.165, 1.54) is 12.1 Å². The molecular weight excluding hydrogens is 393 g/mol. The lowest BCUT2D eigenvalue weighted by molar-refractivity contribution is 0.281. The number of hydrogen-bond donors (Lipinski definition) is 0. The molecule has 0 aliphatic carbocycles. The first-order valence-electron chi connectivity index (χ1n) is 8.69. The Morgan fingerprint density at radius 3 is 2.66 bits per heavy atom. The van der Waals surface area contributed by atoms with E-state index in [9.17, 15) is 4.39 Å². The Morgan fingerprint density at radius 2 is 1.93 bits per heavy atom. The first kappa shape index (κ1) is 17.4. The molecule has 0 aliphatic rings. The van der Waals surface area contributed by atoms with Crippen molar-refractivity contribution in [3.05, 3.63) is 65.1 Å². The summed E-state index contributed by atoms with van der Waals surface area (Å²) in [6.07, 6.45) is 1.61. The van der Waals surface area contributed by atoms with Crippen LogP contribution in [0.1, 0.15) is 5.82 Å². The zero-order chi connectivity index (χ0) is 19.8. The van der Waals surface area contributed by atoms with Crippen LogP contribution >= 0.6 is 11.3 Å². The standard InChI is InChI=1S/C19H14FN7OS/c1-26-11-21-16(24-26)9-28-19-15(13-6-7-29-10-13)8-17-22-23-18(27(17)25-19)12-2-4-14(20)5-3-12/h2-8,10-11H,9H2,1H3. The van der Waals surface area contributed by atoms with Gasteiger partial charge in [-0.3, -0.25) is 4.68 Å². The van der Waals surface area contributed by atoms with E-state index in [-0.39, 0.29) is 12.4 Å². The minimum Gasteiger partial charge on any atom is -0.468 e. The molecule has 0 spiro atoms.